The SMILES string of the molecule is O=C(Cc1ccc([N+](=O)[O-])cc1)c1cc(Br)sc1Br. The highest BCUT2D eigenvalue weighted by molar-refractivity contribution is 9.12. The van der Waals surface area contributed by atoms with Gasteiger partial charge in [0.25, 0.3) is 5.69 Å². The zero-order valence-corrected chi connectivity index (χ0v) is 13.4. The molecule has 0 bridgehead atoms. The number of non-ortho nitro benzene ring substituents is 1. The second-order valence-electron chi connectivity index (χ2n) is 3.76. The van der Waals surface area contributed by atoms with E-state index < -0.39 is 4.92 Å². The molecule has 0 unspecified atom stereocenters. The fraction of sp³-hybridized carbons (Fsp3) is 0.0833. The summed E-state index contributed by atoms with van der Waals surface area (Å²) >= 11 is 8.10. The second-order valence-corrected chi connectivity index (χ2v) is 7.51. The van der Waals surface area contributed by atoms with Crippen molar-refractivity contribution in [3.8, 4) is 0 Å². The minimum Gasteiger partial charge on any atom is -0.294 e. The fourth-order valence-corrected chi connectivity index (χ4v) is 4.40. The lowest BCUT2D eigenvalue weighted by atomic mass is 10.1. The van der Waals surface area contributed by atoms with Gasteiger partial charge in [0.2, 0.25) is 0 Å². The summed E-state index contributed by atoms with van der Waals surface area (Å²) in [7, 11) is 0. The van der Waals surface area contributed by atoms with Crippen LogP contribution in [0.3, 0.4) is 0 Å². The van der Waals surface area contributed by atoms with E-state index in [-0.39, 0.29) is 17.9 Å². The van der Waals surface area contributed by atoms with E-state index in [0.29, 0.717) is 5.56 Å². The van der Waals surface area contributed by atoms with Gasteiger partial charge < -0.3 is 0 Å². The first-order valence-corrected chi connectivity index (χ1v) is 7.59. The van der Waals surface area contributed by atoms with Crippen LogP contribution in [0.15, 0.2) is 37.9 Å². The van der Waals surface area contributed by atoms with Gasteiger partial charge in [-0.25, -0.2) is 0 Å². The van der Waals surface area contributed by atoms with Crippen molar-refractivity contribution < 1.29 is 9.72 Å². The standard InChI is InChI=1S/C12H7Br2NO3S/c13-11-6-9(12(14)19-11)10(16)5-7-1-3-8(4-2-7)15(17)18/h1-4,6H,5H2. The maximum atomic E-state index is 12.1. The normalized spacial score (nSPS) is 10.4. The number of hydrogen-bond acceptors (Lipinski definition) is 4. The Morgan fingerprint density at radius 2 is 1.89 bits per heavy atom. The predicted molar refractivity (Wildman–Crippen MR) is 80.8 cm³/mol. The van der Waals surface area contributed by atoms with E-state index in [1.165, 1.54) is 23.5 Å². The number of carbonyl (C=O) groups is 1. The molecule has 0 N–H and O–H groups in total. The Morgan fingerprint density at radius 3 is 2.37 bits per heavy atom. The van der Waals surface area contributed by atoms with E-state index >= 15 is 0 Å². The molecule has 0 atom stereocenters. The molecule has 0 aliphatic rings. The summed E-state index contributed by atoms with van der Waals surface area (Å²) in [5, 5.41) is 10.5. The van der Waals surface area contributed by atoms with Gasteiger partial charge in [-0.2, -0.15) is 0 Å². The maximum Gasteiger partial charge on any atom is 0.269 e. The number of Topliss-reactive ketones (excluding diaryl/α,β-unsaturated/α-hetero) is 1. The van der Waals surface area contributed by atoms with Crippen molar-refractivity contribution in [2.75, 3.05) is 0 Å². The molecule has 0 fully saturated rings. The van der Waals surface area contributed by atoms with Gasteiger partial charge in [0.15, 0.2) is 5.78 Å². The lowest BCUT2D eigenvalue weighted by molar-refractivity contribution is -0.384. The van der Waals surface area contributed by atoms with Gasteiger partial charge in [0, 0.05) is 24.1 Å². The van der Waals surface area contributed by atoms with Crippen molar-refractivity contribution in [1.29, 1.82) is 0 Å². The van der Waals surface area contributed by atoms with E-state index in [2.05, 4.69) is 31.9 Å². The molecule has 0 radical (unpaired) electrons. The van der Waals surface area contributed by atoms with Crippen LogP contribution in [-0.2, 0) is 6.42 Å². The molecule has 1 aromatic carbocycles. The number of nitro benzene ring substituents is 1. The zero-order chi connectivity index (χ0) is 14.0. The zero-order valence-electron chi connectivity index (χ0n) is 9.43. The van der Waals surface area contributed by atoms with Crippen LogP contribution in [0, 0.1) is 10.1 Å². The summed E-state index contributed by atoms with van der Waals surface area (Å²) in [6.07, 6.45) is 0.222. The highest BCUT2D eigenvalue weighted by Gasteiger charge is 2.14. The van der Waals surface area contributed by atoms with Crippen molar-refractivity contribution >= 4 is 54.7 Å². The van der Waals surface area contributed by atoms with Crippen LogP contribution in [0.4, 0.5) is 5.69 Å². The van der Waals surface area contributed by atoms with Gasteiger partial charge in [-0.05, 0) is 43.5 Å². The summed E-state index contributed by atoms with van der Waals surface area (Å²) < 4.78 is 1.66. The number of nitro groups is 1. The van der Waals surface area contributed by atoms with Gasteiger partial charge in [-0.3, -0.25) is 14.9 Å². The number of halogens is 2. The lowest BCUT2D eigenvalue weighted by Crippen LogP contribution is -2.02. The van der Waals surface area contributed by atoms with Gasteiger partial charge in [-0.15, -0.1) is 11.3 Å². The number of ketones is 1. The molecule has 4 nitrogen and oxygen atoms in total. The third-order valence-corrected chi connectivity index (χ3v) is 4.81. The minimum atomic E-state index is -0.460. The summed E-state index contributed by atoms with van der Waals surface area (Å²) in [6, 6.07) is 7.78. The Morgan fingerprint density at radius 1 is 1.26 bits per heavy atom. The van der Waals surface area contributed by atoms with Gasteiger partial charge in [-0.1, -0.05) is 12.1 Å². The first-order chi connectivity index (χ1) is 8.97. The molecule has 2 aromatic rings. The first kappa shape index (κ1) is 14.4. The van der Waals surface area contributed by atoms with Gasteiger partial charge in [0.1, 0.15) is 0 Å². The van der Waals surface area contributed by atoms with Crippen LogP contribution in [0.1, 0.15) is 15.9 Å². The molecule has 0 aliphatic carbocycles. The number of thiophene rings is 1. The van der Waals surface area contributed by atoms with Crippen LogP contribution in [-0.4, -0.2) is 10.7 Å². The molecule has 0 amide bonds. The Bertz CT molecular complexity index is 637. The van der Waals surface area contributed by atoms with Gasteiger partial charge >= 0.3 is 0 Å². The molecule has 1 aromatic heterocycles. The number of nitrogens with zero attached hydrogens (tertiary/aromatic N) is 1. The number of rotatable bonds is 4. The van der Waals surface area contributed by atoms with Crippen molar-refractivity contribution in [2.24, 2.45) is 0 Å². The topological polar surface area (TPSA) is 60.2 Å². The number of benzene rings is 1. The van der Waals surface area contributed by atoms with E-state index in [1.54, 1.807) is 18.2 Å². The molecule has 2 rings (SSSR count). The minimum absolute atomic E-state index is 0.0238. The monoisotopic (exact) mass is 403 g/mol. The molecule has 7 heteroatoms. The van der Waals surface area contributed by atoms with Crippen LogP contribution in [0.25, 0.3) is 0 Å². The van der Waals surface area contributed by atoms with Crippen molar-refractivity contribution in [2.45, 2.75) is 6.42 Å². The average Bonchev–Trinajstić information content (AvgIpc) is 2.69. The fourth-order valence-electron chi connectivity index (χ4n) is 1.55. The lowest BCUT2D eigenvalue weighted by Gasteiger charge is -2.00. The Hall–Kier alpha value is -1.05. The van der Waals surface area contributed by atoms with E-state index in [1.807, 2.05) is 0 Å². The summed E-state index contributed by atoms with van der Waals surface area (Å²) in [4.78, 5) is 22.2. The Balaban J connectivity index is 2.15. The van der Waals surface area contributed by atoms with E-state index in [9.17, 15) is 14.9 Å². The van der Waals surface area contributed by atoms with Crippen molar-refractivity contribution in [3.63, 3.8) is 0 Å². The molecular formula is C12H7Br2NO3S. The summed E-state index contributed by atoms with van der Waals surface area (Å²) in [5.74, 6) is -0.0253. The van der Waals surface area contributed by atoms with Crippen LogP contribution in [0.5, 0.6) is 0 Å². The van der Waals surface area contributed by atoms with Crippen molar-refractivity contribution in [1.82, 2.24) is 0 Å². The molecule has 0 saturated heterocycles. The highest BCUT2D eigenvalue weighted by Crippen LogP contribution is 2.32. The Kier molecular flexibility index (Phi) is 4.49. The van der Waals surface area contributed by atoms with Crippen LogP contribution >= 0.6 is 43.2 Å². The first-order valence-electron chi connectivity index (χ1n) is 5.18. The van der Waals surface area contributed by atoms with Gasteiger partial charge in [0.05, 0.1) is 12.5 Å². The number of carbonyl (C=O) groups excluding carboxylic acids is 1. The molecule has 0 aliphatic heterocycles. The predicted octanol–water partition coefficient (Wildman–Crippen LogP) is 4.61. The maximum absolute atomic E-state index is 12.1. The van der Waals surface area contributed by atoms with E-state index in [4.69, 9.17) is 0 Å². The molecule has 0 spiro atoms. The average molecular weight is 405 g/mol. The quantitative estimate of drug-likeness (QED) is 0.424. The largest absolute Gasteiger partial charge is 0.294 e. The Labute approximate surface area is 129 Å². The smallest absolute Gasteiger partial charge is 0.269 e. The molecule has 98 valence electrons. The third-order valence-electron chi connectivity index (χ3n) is 2.47. The third kappa shape index (κ3) is 3.49. The second kappa shape index (κ2) is 5.94. The van der Waals surface area contributed by atoms with Crippen molar-refractivity contribution in [3.05, 3.63) is 59.1 Å². The highest BCUT2D eigenvalue weighted by atomic mass is 79.9. The molecule has 19 heavy (non-hydrogen) atoms. The molecular weight excluding hydrogens is 398 g/mol. The summed E-state index contributed by atoms with van der Waals surface area (Å²) in [6.45, 7) is 0. The van der Waals surface area contributed by atoms with Crippen LogP contribution in [0.2, 0.25) is 0 Å². The molecule has 0 saturated carbocycles. The molecule has 1 heterocycles. The van der Waals surface area contributed by atoms with E-state index in [0.717, 1.165) is 13.1 Å². The van der Waals surface area contributed by atoms with Crippen LogP contribution < -0.4 is 0 Å². The number of hydrogen-bond donors (Lipinski definition) is 0. The summed E-state index contributed by atoms with van der Waals surface area (Å²) in [5.41, 5.74) is 1.40.